The number of nitrogens with one attached hydrogen (secondary N) is 2. The number of ketones is 1. The van der Waals surface area contributed by atoms with Gasteiger partial charge in [0.1, 0.15) is 19.2 Å². The number of carboxylic acids is 1. The third-order valence-corrected chi connectivity index (χ3v) is 9.46. The number of hydrogen-bond donors (Lipinski definition) is 3. The number of nitrogens with zero attached hydrogens (tertiary/aromatic N) is 2. The van der Waals surface area contributed by atoms with Gasteiger partial charge in [-0.05, 0) is 49.7 Å². The molecule has 2 aliphatic rings. The molecule has 45 heavy (non-hydrogen) atoms. The molecule has 4 rings (SSSR count). The number of hydrogen-bond acceptors (Lipinski definition) is 6. The van der Waals surface area contributed by atoms with Gasteiger partial charge in [-0.3, -0.25) is 24.0 Å². The number of carbonyl (C=O) groups is 5. The van der Waals surface area contributed by atoms with Gasteiger partial charge in [0.2, 0.25) is 17.7 Å². The molecule has 2 aliphatic heterocycles. The van der Waals surface area contributed by atoms with Gasteiger partial charge in [0.15, 0.2) is 5.78 Å². The molecule has 0 aliphatic carbocycles. The van der Waals surface area contributed by atoms with Gasteiger partial charge < -0.3 is 25.5 Å². The van der Waals surface area contributed by atoms with Gasteiger partial charge in [-0.1, -0.05) is 57.7 Å². The summed E-state index contributed by atoms with van der Waals surface area (Å²) in [4.78, 5) is 73.8. The Hall–Kier alpha value is -3.89. The summed E-state index contributed by atoms with van der Waals surface area (Å²) in [5, 5.41) is 15.8. The summed E-state index contributed by atoms with van der Waals surface area (Å²) < 4.78 is 1.62. The fourth-order valence-electron chi connectivity index (χ4n) is 6.62. The number of aliphatic carboxylic acids is 1. The van der Waals surface area contributed by atoms with Crippen LogP contribution in [-0.4, -0.2) is 76.0 Å². The van der Waals surface area contributed by atoms with E-state index in [0.717, 1.165) is 35.7 Å². The van der Waals surface area contributed by atoms with Crippen LogP contribution in [-0.2, 0) is 30.4 Å². The number of aromatic nitrogens is 1. The molecule has 246 valence electrons. The Labute approximate surface area is 265 Å². The van der Waals surface area contributed by atoms with Crippen molar-refractivity contribution >= 4 is 40.4 Å². The number of carbonyl (C=O) groups excluding carboxylic acids is 4. The fraction of sp³-hybridized carbons (Fsp3) is 0.618. The van der Waals surface area contributed by atoms with Crippen molar-refractivity contribution in [1.82, 2.24) is 20.3 Å². The van der Waals surface area contributed by atoms with Gasteiger partial charge in [0, 0.05) is 43.3 Å². The van der Waals surface area contributed by atoms with Crippen LogP contribution in [0.2, 0.25) is 0 Å². The van der Waals surface area contributed by atoms with Crippen molar-refractivity contribution in [2.24, 2.45) is 11.8 Å². The van der Waals surface area contributed by atoms with Gasteiger partial charge in [0.05, 0.1) is 11.6 Å². The standard InChI is InChI=1S/C34H48N4O7/c1-4-22(2)31-34(44)37-18-12-11-16-28(37)29(39)20-23(13-7-5-6-8-17-30(40)41)32(42)35-26(33(43)36-31)19-24-21-38(45-3)27-15-10-9-14-25(24)27/h9-10,14-15,21-23,26,28,31H,4-8,11-13,16-20H2,1-3H3,(H,35,42)(H,36,43)(H,40,41)/t22?,23-,26+,28-,31+/m1/s1. The lowest BCUT2D eigenvalue weighted by Crippen LogP contribution is -2.61. The SMILES string of the molecule is CCC(C)[C@@H]1NC(=O)[C@H](Cc2cn(OC)c3ccccc23)NC(=O)[C@H](CCCCCCC(=O)O)CC(=O)[C@H]2CCCCN2C1=O. The average molecular weight is 625 g/mol. The summed E-state index contributed by atoms with van der Waals surface area (Å²) in [7, 11) is 1.56. The van der Waals surface area contributed by atoms with Crippen molar-refractivity contribution in [2.75, 3.05) is 13.7 Å². The number of rotatable bonds is 12. The van der Waals surface area contributed by atoms with Crippen LogP contribution in [0.4, 0.5) is 0 Å². The molecule has 11 nitrogen and oxygen atoms in total. The first-order valence-electron chi connectivity index (χ1n) is 16.4. The molecule has 0 spiro atoms. The molecule has 5 atom stereocenters. The number of amides is 3. The number of carboxylic acid groups (broad SMARTS) is 1. The maximum Gasteiger partial charge on any atom is 0.303 e. The van der Waals surface area contributed by atoms with E-state index in [9.17, 15) is 24.0 Å². The number of unbranched alkanes of at least 4 members (excludes halogenated alkanes) is 3. The van der Waals surface area contributed by atoms with E-state index in [1.807, 2.05) is 38.1 Å². The molecule has 1 aromatic carbocycles. The van der Waals surface area contributed by atoms with Gasteiger partial charge >= 0.3 is 5.97 Å². The Morgan fingerprint density at radius 1 is 1.04 bits per heavy atom. The Morgan fingerprint density at radius 3 is 2.53 bits per heavy atom. The third-order valence-electron chi connectivity index (χ3n) is 9.46. The third kappa shape index (κ3) is 8.43. The highest BCUT2D eigenvalue weighted by molar-refractivity contribution is 5.98. The minimum Gasteiger partial charge on any atom is -0.481 e. The number of benzene rings is 1. The van der Waals surface area contributed by atoms with Crippen LogP contribution in [0.1, 0.15) is 90.0 Å². The van der Waals surface area contributed by atoms with Crippen LogP contribution >= 0.6 is 0 Å². The minimum atomic E-state index is -0.988. The Balaban J connectivity index is 1.65. The van der Waals surface area contributed by atoms with Crippen LogP contribution in [0.5, 0.6) is 0 Å². The summed E-state index contributed by atoms with van der Waals surface area (Å²) >= 11 is 0. The molecule has 1 aromatic heterocycles. The predicted molar refractivity (Wildman–Crippen MR) is 169 cm³/mol. The van der Waals surface area contributed by atoms with E-state index in [4.69, 9.17) is 9.94 Å². The molecule has 3 heterocycles. The summed E-state index contributed by atoms with van der Waals surface area (Å²) in [6, 6.07) is 5.21. The summed E-state index contributed by atoms with van der Waals surface area (Å²) in [5.41, 5.74) is 1.62. The molecule has 2 fully saturated rings. The lowest BCUT2D eigenvalue weighted by atomic mass is 9.87. The van der Waals surface area contributed by atoms with Crippen molar-refractivity contribution in [3.05, 3.63) is 36.0 Å². The van der Waals surface area contributed by atoms with Gasteiger partial charge in [-0.25, -0.2) is 0 Å². The molecule has 1 unspecified atom stereocenters. The largest absolute Gasteiger partial charge is 0.481 e. The molecule has 11 heteroatoms. The van der Waals surface area contributed by atoms with Gasteiger partial charge in [-0.15, -0.1) is 0 Å². The highest BCUT2D eigenvalue weighted by Gasteiger charge is 2.40. The quantitative estimate of drug-likeness (QED) is 0.306. The molecule has 2 aromatic rings. The maximum absolute atomic E-state index is 14.0. The number of para-hydroxylation sites is 1. The monoisotopic (exact) mass is 624 g/mol. The highest BCUT2D eigenvalue weighted by Crippen LogP contribution is 2.27. The van der Waals surface area contributed by atoms with Crippen LogP contribution in [0, 0.1) is 11.8 Å². The number of piperidine rings is 1. The van der Waals surface area contributed by atoms with Crippen LogP contribution in [0.25, 0.3) is 10.9 Å². The Kier molecular flexibility index (Phi) is 12.0. The maximum atomic E-state index is 14.0. The predicted octanol–water partition coefficient (Wildman–Crippen LogP) is 3.65. The van der Waals surface area contributed by atoms with Crippen molar-refractivity contribution in [2.45, 2.75) is 109 Å². The van der Waals surface area contributed by atoms with E-state index in [1.54, 1.807) is 22.9 Å². The van der Waals surface area contributed by atoms with E-state index in [1.165, 1.54) is 0 Å². The molecule has 0 radical (unpaired) electrons. The Bertz CT molecular complexity index is 1370. The zero-order chi connectivity index (χ0) is 32.5. The zero-order valence-corrected chi connectivity index (χ0v) is 26.8. The van der Waals surface area contributed by atoms with E-state index < -0.39 is 35.9 Å². The topological polar surface area (TPSA) is 147 Å². The molecule has 0 bridgehead atoms. The van der Waals surface area contributed by atoms with E-state index in [0.29, 0.717) is 45.1 Å². The van der Waals surface area contributed by atoms with Crippen LogP contribution < -0.4 is 15.5 Å². The summed E-state index contributed by atoms with van der Waals surface area (Å²) in [6.45, 7) is 4.32. The normalized spacial score (nSPS) is 23.8. The molecule has 3 amide bonds. The summed E-state index contributed by atoms with van der Waals surface area (Å²) in [5.74, 6) is -2.85. The Morgan fingerprint density at radius 2 is 1.80 bits per heavy atom. The van der Waals surface area contributed by atoms with Crippen molar-refractivity contribution in [3.8, 4) is 0 Å². The van der Waals surface area contributed by atoms with Crippen molar-refractivity contribution < 1.29 is 33.9 Å². The molecule has 0 saturated carbocycles. The van der Waals surface area contributed by atoms with E-state index >= 15 is 0 Å². The zero-order valence-electron chi connectivity index (χ0n) is 26.8. The number of fused-ring (bicyclic) bond motifs is 2. The summed E-state index contributed by atoms with van der Waals surface area (Å²) in [6.07, 6.45) is 7.92. The highest BCUT2D eigenvalue weighted by atomic mass is 16.6. The molecular formula is C34H48N4O7. The first-order chi connectivity index (χ1) is 21.6. The van der Waals surface area contributed by atoms with Crippen molar-refractivity contribution in [3.63, 3.8) is 0 Å². The lowest BCUT2D eigenvalue weighted by molar-refractivity contribution is -0.147. The lowest BCUT2D eigenvalue weighted by Gasteiger charge is -2.39. The molecule has 3 N–H and O–H groups in total. The second-order valence-corrected chi connectivity index (χ2v) is 12.6. The fourth-order valence-corrected chi connectivity index (χ4v) is 6.62. The minimum absolute atomic E-state index is 0.0132. The van der Waals surface area contributed by atoms with E-state index in [2.05, 4.69) is 10.6 Å². The van der Waals surface area contributed by atoms with Crippen molar-refractivity contribution in [1.29, 1.82) is 0 Å². The second kappa shape index (κ2) is 15.9. The first-order valence-corrected chi connectivity index (χ1v) is 16.4. The number of Topliss-reactive ketones (excluding diaryl/α,β-unsaturated/α-hetero) is 1. The smallest absolute Gasteiger partial charge is 0.303 e. The molecule has 2 saturated heterocycles. The van der Waals surface area contributed by atoms with E-state index in [-0.39, 0.29) is 42.8 Å². The van der Waals surface area contributed by atoms with Gasteiger partial charge in [-0.2, -0.15) is 4.73 Å². The van der Waals surface area contributed by atoms with Crippen LogP contribution in [0.3, 0.4) is 0 Å². The molecular weight excluding hydrogens is 576 g/mol. The van der Waals surface area contributed by atoms with Crippen LogP contribution in [0.15, 0.2) is 30.5 Å². The first kappa shape index (κ1) is 34.0. The van der Waals surface area contributed by atoms with Gasteiger partial charge in [0.25, 0.3) is 0 Å². The second-order valence-electron chi connectivity index (χ2n) is 12.6. The average Bonchev–Trinajstić information content (AvgIpc) is 3.40.